The standard InChI is InChI=1S/C14H13BrO2/c15-11-3-1-2-10(7-11)12-6-9-4-5-14(12,8-9)13(16)17/h1-3,6-7,9H,4-5,8H2,(H,16,17). The Hall–Kier alpha value is -1.09. The molecular formula is C14H13BrO2. The van der Waals surface area contributed by atoms with E-state index in [9.17, 15) is 9.90 Å². The Morgan fingerprint density at radius 1 is 1.47 bits per heavy atom. The van der Waals surface area contributed by atoms with Gasteiger partial charge in [-0.25, -0.2) is 0 Å². The molecule has 3 heteroatoms. The molecular weight excluding hydrogens is 280 g/mol. The van der Waals surface area contributed by atoms with Crippen molar-refractivity contribution in [3.8, 4) is 0 Å². The number of allylic oxidation sites excluding steroid dienone is 1. The van der Waals surface area contributed by atoms with E-state index in [0.717, 1.165) is 34.9 Å². The summed E-state index contributed by atoms with van der Waals surface area (Å²) in [5.41, 5.74) is 1.44. The van der Waals surface area contributed by atoms with Gasteiger partial charge in [-0.3, -0.25) is 4.79 Å². The smallest absolute Gasteiger partial charge is 0.314 e. The SMILES string of the molecule is O=C(O)C12CCC(C=C1c1cccc(Br)c1)C2. The van der Waals surface area contributed by atoms with Crippen LogP contribution in [0.1, 0.15) is 24.8 Å². The van der Waals surface area contributed by atoms with Crippen LogP contribution in [0.25, 0.3) is 5.57 Å². The maximum atomic E-state index is 11.6. The van der Waals surface area contributed by atoms with E-state index in [1.54, 1.807) is 0 Å². The highest BCUT2D eigenvalue weighted by molar-refractivity contribution is 9.10. The minimum absolute atomic E-state index is 0.458. The van der Waals surface area contributed by atoms with Crippen molar-refractivity contribution in [1.82, 2.24) is 0 Å². The van der Waals surface area contributed by atoms with Gasteiger partial charge in [0.1, 0.15) is 0 Å². The number of carboxylic acid groups (broad SMARTS) is 1. The number of hydrogen-bond acceptors (Lipinski definition) is 1. The number of fused-ring (bicyclic) bond motifs is 2. The molecule has 2 atom stereocenters. The minimum atomic E-state index is -0.663. The minimum Gasteiger partial charge on any atom is -0.481 e. The monoisotopic (exact) mass is 292 g/mol. The van der Waals surface area contributed by atoms with Gasteiger partial charge in [-0.2, -0.15) is 0 Å². The van der Waals surface area contributed by atoms with Crippen LogP contribution in [0.4, 0.5) is 0 Å². The molecule has 0 radical (unpaired) electrons. The first-order valence-electron chi connectivity index (χ1n) is 5.83. The Kier molecular flexibility index (Phi) is 2.40. The lowest BCUT2D eigenvalue weighted by molar-refractivity contribution is -0.144. The van der Waals surface area contributed by atoms with E-state index < -0.39 is 11.4 Å². The second-order valence-corrected chi connectivity index (χ2v) is 5.90. The van der Waals surface area contributed by atoms with Gasteiger partial charge in [-0.05, 0) is 48.4 Å². The summed E-state index contributed by atoms with van der Waals surface area (Å²) in [7, 11) is 0. The summed E-state index contributed by atoms with van der Waals surface area (Å²) in [6, 6.07) is 7.94. The fourth-order valence-corrected chi connectivity index (χ4v) is 3.60. The molecule has 1 aromatic carbocycles. The Bertz CT molecular complexity index is 521. The molecule has 2 aliphatic rings. The highest BCUT2D eigenvalue weighted by Crippen LogP contribution is 2.57. The lowest BCUT2D eigenvalue weighted by atomic mass is 9.77. The Labute approximate surface area is 108 Å². The zero-order valence-corrected chi connectivity index (χ0v) is 10.9. The number of carboxylic acids is 1. The van der Waals surface area contributed by atoms with Gasteiger partial charge in [0.15, 0.2) is 0 Å². The molecule has 1 aromatic rings. The van der Waals surface area contributed by atoms with Crippen LogP contribution in [0.3, 0.4) is 0 Å². The van der Waals surface area contributed by atoms with Crippen LogP contribution >= 0.6 is 15.9 Å². The molecule has 17 heavy (non-hydrogen) atoms. The van der Waals surface area contributed by atoms with E-state index in [4.69, 9.17) is 0 Å². The summed E-state index contributed by atoms with van der Waals surface area (Å²) < 4.78 is 0.999. The summed E-state index contributed by atoms with van der Waals surface area (Å²) in [4.78, 5) is 11.6. The summed E-state index contributed by atoms with van der Waals surface area (Å²) in [5.74, 6) is -0.205. The van der Waals surface area contributed by atoms with E-state index in [-0.39, 0.29) is 0 Å². The van der Waals surface area contributed by atoms with Crippen LogP contribution in [0.15, 0.2) is 34.8 Å². The highest BCUT2D eigenvalue weighted by atomic mass is 79.9. The summed E-state index contributed by atoms with van der Waals surface area (Å²) in [6.07, 6.45) is 4.75. The molecule has 1 saturated carbocycles. The van der Waals surface area contributed by atoms with Crippen LogP contribution in [0.2, 0.25) is 0 Å². The van der Waals surface area contributed by atoms with Crippen LogP contribution in [0.5, 0.6) is 0 Å². The lowest BCUT2D eigenvalue weighted by Gasteiger charge is -2.25. The molecule has 2 bridgehead atoms. The Morgan fingerprint density at radius 2 is 2.29 bits per heavy atom. The van der Waals surface area contributed by atoms with Crippen LogP contribution in [-0.4, -0.2) is 11.1 Å². The molecule has 0 amide bonds. The fourth-order valence-electron chi connectivity index (χ4n) is 3.20. The summed E-state index contributed by atoms with van der Waals surface area (Å²) >= 11 is 3.44. The molecule has 2 nitrogen and oxygen atoms in total. The molecule has 0 spiro atoms. The van der Waals surface area contributed by atoms with E-state index in [0.29, 0.717) is 5.92 Å². The average molecular weight is 293 g/mol. The predicted molar refractivity (Wildman–Crippen MR) is 69.5 cm³/mol. The zero-order chi connectivity index (χ0) is 12.0. The van der Waals surface area contributed by atoms with Gasteiger partial charge in [0.2, 0.25) is 0 Å². The zero-order valence-electron chi connectivity index (χ0n) is 9.32. The third-order valence-corrected chi connectivity index (χ3v) is 4.51. The second kappa shape index (κ2) is 3.70. The fraction of sp³-hybridized carbons (Fsp3) is 0.357. The number of halogens is 1. The van der Waals surface area contributed by atoms with Gasteiger partial charge in [-0.1, -0.05) is 34.1 Å². The summed E-state index contributed by atoms with van der Waals surface area (Å²) in [6.45, 7) is 0. The van der Waals surface area contributed by atoms with E-state index in [1.807, 2.05) is 24.3 Å². The largest absolute Gasteiger partial charge is 0.481 e. The number of aliphatic carboxylic acids is 1. The molecule has 2 unspecified atom stereocenters. The third kappa shape index (κ3) is 1.56. The lowest BCUT2D eigenvalue weighted by Crippen LogP contribution is -2.27. The molecule has 0 aromatic heterocycles. The van der Waals surface area contributed by atoms with Crippen molar-refractivity contribution in [2.75, 3.05) is 0 Å². The van der Waals surface area contributed by atoms with Gasteiger partial charge in [0.25, 0.3) is 0 Å². The van der Waals surface area contributed by atoms with Crippen molar-refractivity contribution in [1.29, 1.82) is 0 Å². The van der Waals surface area contributed by atoms with E-state index in [1.165, 1.54) is 0 Å². The number of carbonyl (C=O) groups is 1. The van der Waals surface area contributed by atoms with E-state index in [2.05, 4.69) is 22.0 Å². The number of benzene rings is 1. The maximum Gasteiger partial charge on any atom is 0.314 e. The summed E-state index contributed by atoms with van der Waals surface area (Å²) in [5, 5.41) is 9.54. The highest BCUT2D eigenvalue weighted by Gasteiger charge is 2.52. The predicted octanol–water partition coefficient (Wildman–Crippen LogP) is 3.72. The Morgan fingerprint density at radius 3 is 2.94 bits per heavy atom. The maximum absolute atomic E-state index is 11.6. The molecule has 1 fully saturated rings. The molecule has 0 heterocycles. The second-order valence-electron chi connectivity index (χ2n) is 4.98. The quantitative estimate of drug-likeness (QED) is 0.902. The van der Waals surface area contributed by atoms with Crippen molar-refractivity contribution < 1.29 is 9.90 Å². The normalized spacial score (nSPS) is 30.4. The molecule has 0 saturated heterocycles. The Balaban J connectivity index is 2.09. The van der Waals surface area contributed by atoms with E-state index >= 15 is 0 Å². The average Bonchev–Trinajstić information content (AvgIpc) is 2.87. The molecule has 0 aliphatic heterocycles. The van der Waals surface area contributed by atoms with Crippen LogP contribution < -0.4 is 0 Å². The number of rotatable bonds is 2. The van der Waals surface area contributed by atoms with Crippen LogP contribution in [0, 0.1) is 11.3 Å². The van der Waals surface area contributed by atoms with Crippen molar-refractivity contribution in [2.24, 2.45) is 11.3 Å². The number of hydrogen-bond donors (Lipinski definition) is 1. The molecule has 1 N–H and O–H groups in total. The van der Waals surface area contributed by atoms with Crippen molar-refractivity contribution in [3.63, 3.8) is 0 Å². The van der Waals surface area contributed by atoms with Gasteiger partial charge in [-0.15, -0.1) is 0 Å². The van der Waals surface area contributed by atoms with Gasteiger partial charge in [0, 0.05) is 4.47 Å². The third-order valence-electron chi connectivity index (χ3n) is 4.02. The van der Waals surface area contributed by atoms with Crippen molar-refractivity contribution >= 4 is 27.5 Å². The van der Waals surface area contributed by atoms with Crippen LogP contribution in [-0.2, 0) is 4.79 Å². The molecule has 3 rings (SSSR count). The topological polar surface area (TPSA) is 37.3 Å². The van der Waals surface area contributed by atoms with Crippen molar-refractivity contribution in [2.45, 2.75) is 19.3 Å². The first kappa shape index (κ1) is 11.0. The molecule has 88 valence electrons. The van der Waals surface area contributed by atoms with Crippen molar-refractivity contribution in [3.05, 3.63) is 40.4 Å². The van der Waals surface area contributed by atoms with Gasteiger partial charge >= 0.3 is 5.97 Å². The van der Waals surface area contributed by atoms with Gasteiger partial charge in [0.05, 0.1) is 5.41 Å². The molecule has 2 aliphatic carbocycles. The first-order valence-corrected chi connectivity index (χ1v) is 6.63. The van der Waals surface area contributed by atoms with Gasteiger partial charge < -0.3 is 5.11 Å². The first-order chi connectivity index (χ1) is 8.12.